The molecule has 0 saturated heterocycles. The van der Waals surface area contributed by atoms with Crippen molar-refractivity contribution in [3.05, 3.63) is 169 Å². The molecule has 0 aliphatic heterocycles. The van der Waals surface area contributed by atoms with Crippen LogP contribution in [0.4, 0.5) is 21.5 Å². The zero-order valence-electron chi connectivity index (χ0n) is 27.1. The Kier molecular flexibility index (Phi) is 5.81. The van der Waals surface area contributed by atoms with Crippen LogP contribution in [0.5, 0.6) is 0 Å². The molecule has 0 bridgehead atoms. The van der Waals surface area contributed by atoms with Gasteiger partial charge < -0.3 is 13.9 Å². The first kappa shape index (κ1) is 27.9. The molecule has 0 saturated carbocycles. The molecule has 2 heterocycles. The molecule has 234 valence electrons. The highest BCUT2D eigenvalue weighted by atomic mass is 19.1. The smallest absolute Gasteiger partial charge is 0.137 e. The number of furan rings is 1. The van der Waals surface area contributed by atoms with Crippen molar-refractivity contribution in [3.8, 4) is 16.8 Å². The summed E-state index contributed by atoms with van der Waals surface area (Å²) in [4.78, 5) is 2.38. The number of halogens is 1. The maximum atomic E-state index is 14.0. The largest absolute Gasteiger partial charge is 0.456 e. The van der Waals surface area contributed by atoms with E-state index in [0.29, 0.717) is 0 Å². The van der Waals surface area contributed by atoms with E-state index in [0.717, 1.165) is 66.5 Å². The van der Waals surface area contributed by atoms with Crippen molar-refractivity contribution < 1.29 is 8.81 Å². The van der Waals surface area contributed by atoms with Crippen molar-refractivity contribution in [2.24, 2.45) is 0 Å². The van der Waals surface area contributed by atoms with Gasteiger partial charge in [-0.2, -0.15) is 0 Å². The predicted octanol–water partition coefficient (Wildman–Crippen LogP) is 12.6. The lowest BCUT2D eigenvalue weighted by atomic mass is 9.82. The van der Waals surface area contributed by atoms with Crippen LogP contribution in [0.2, 0.25) is 0 Å². The summed E-state index contributed by atoms with van der Waals surface area (Å²) >= 11 is 0. The first-order valence-corrected chi connectivity index (χ1v) is 16.7. The monoisotopic (exact) mass is 634 g/mol. The van der Waals surface area contributed by atoms with Gasteiger partial charge in [0.2, 0.25) is 0 Å². The van der Waals surface area contributed by atoms with Crippen LogP contribution in [-0.2, 0) is 5.41 Å². The zero-order chi connectivity index (χ0) is 32.9. The zero-order valence-corrected chi connectivity index (χ0v) is 27.1. The van der Waals surface area contributed by atoms with Gasteiger partial charge in [-0.3, -0.25) is 0 Å². The Labute approximate surface area is 283 Å². The number of anilines is 3. The van der Waals surface area contributed by atoms with Crippen molar-refractivity contribution in [1.82, 2.24) is 4.57 Å². The number of hydrogen-bond donors (Lipinski definition) is 0. The minimum absolute atomic E-state index is 0.0862. The highest BCUT2D eigenvalue weighted by Gasteiger charge is 2.35. The normalized spacial score (nSPS) is 13.4. The number of nitrogens with zero attached hydrogens (tertiary/aromatic N) is 2. The molecule has 2 aromatic heterocycles. The number of fused-ring (bicyclic) bond motifs is 9. The number of aromatic nitrogens is 1. The van der Waals surface area contributed by atoms with Gasteiger partial charge in [0.15, 0.2) is 0 Å². The molecule has 0 atom stereocenters. The van der Waals surface area contributed by atoms with Crippen LogP contribution in [0, 0.1) is 5.82 Å². The molecule has 0 amide bonds. The molecule has 0 spiro atoms. The Balaban J connectivity index is 1.26. The van der Waals surface area contributed by atoms with Gasteiger partial charge in [0, 0.05) is 38.6 Å². The third-order valence-corrected chi connectivity index (χ3v) is 10.4. The summed E-state index contributed by atoms with van der Waals surface area (Å²) in [5, 5.41) is 4.42. The van der Waals surface area contributed by atoms with E-state index in [-0.39, 0.29) is 11.2 Å². The Bertz CT molecular complexity index is 2770. The number of hydrogen-bond acceptors (Lipinski definition) is 2. The van der Waals surface area contributed by atoms with Crippen LogP contribution in [0.15, 0.2) is 156 Å². The first-order chi connectivity index (χ1) is 24.0. The summed E-state index contributed by atoms with van der Waals surface area (Å²) in [6.07, 6.45) is 0. The van der Waals surface area contributed by atoms with Gasteiger partial charge >= 0.3 is 0 Å². The molecule has 49 heavy (non-hydrogen) atoms. The minimum Gasteiger partial charge on any atom is -0.456 e. The van der Waals surface area contributed by atoms with E-state index < -0.39 is 0 Å². The van der Waals surface area contributed by atoms with Crippen LogP contribution in [0.25, 0.3) is 60.6 Å². The van der Waals surface area contributed by atoms with E-state index in [1.54, 1.807) is 0 Å². The second-order valence-electron chi connectivity index (χ2n) is 13.5. The maximum Gasteiger partial charge on any atom is 0.137 e. The molecule has 4 heteroatoms. The molecule has 7 aromatic carbocycles. The molecule has 0 N–H and O–H groups in total. The summed E-state index contributed by atoms with van der Waals surface area (Å²) in [5.41, 5.74) is 13.1. The molecule has 0 fully saturated rings. The van der Waals surface area contributed by atoms with Gasteiger partial charge in [-0.1, -0.05) is 86.6 Å². The molecule has 1 aliphatic carbocycles. The Hall–Kier alpha value is -6.13. The van der Waals surface area contributed by atoms with Gasteiger partial charge in [0.25, 0.3) is 0 Å². The Morgan fingerprint density at radius 2 is 1.22 bits per heavy atom. The highest BCUT2D eigenvalue weighted by molar-refractivity contribution is 6.15. The van der Waals surface area contributed by atoms with Crippen LogP contribution in [-0.4, -0.2) is 4.57 Å². The second-order valence-corrected chi connectivity index (χ2v) is 13.5. The molecule has 9 aromatic rings. The lowest BCUT2D eigenvalue weighted by Gasteiger charge is -2.28. The summed E-state index contributed by atoms with van der Waals surface area (Å²) < 4.78 is 22.6. The topological polar surface area (TPSA) is 21.3 Å². The number of para-hydroxylation sites is 2. The summed E-state index contributed by atoms with van der Waals surface area (Å²) in [7, 11) is 0. The molecule has 10 rings (SSSR count). The van der Waals surface area contributed by atoms with E-state index in [2.05, 4.69) is 139 Å². The van der Waals surface area contributed by atoms with Crippen molar-refractivity contribution in [1.29, 1.82) is 0 Å². The third kappa shape index (κ3) is 4.01. The number of benzene rings is 7. The van der Waals surface area contributed by atoms with E-state index in [1.807, 2.05) is 24.3 Å². The van der Waals surface area contributed by atoms with Crippen molar-refractivity contribution >= 4 is 60.8 Å². The average molecular weight is 635 g/mol. The highest BCUT2D eigenvalue weighted by Crippen LogP contribution is 2.51. The second kappa shape index (κ2) is 10.2. The lowest BCUT2D eigenvalue weighted by molar-refractivity contribution is 0.627. The SMILES string of the molecule is CC1(C)c2ccccc2-c2cc(N(c3ccc4c(c3)c3ccccc3n4-c3ccc(F)cc3)c3cccc4oc5ccccc5c34)ccc21. The van der Waals surface area contributed by atoms with Crippen molar-refractivity contribution in [2.45, 2.75) is 19.3 Å². The van der Waals surface area contributed by atoms with Crippen LogP contribution >= 0.6 is 0 Å². The first-order valence-electron chi connectivity index (χ1n) is 16.7. The third-order valence-electron chi connectivity index (χ3n) is 10.4. The number of rotatable bonds is 4. The Morgan fingerprint density at radius 1 is 0.551 bits per heavy atom. The fourth-order valence-corrected chi connectivity index (χ4v) is 8.19. The van der Waals surface area contributed by atoms with Gasteiger partial charge in [-0.05, 0) is 101 Å². The van der Waals surface area contributed by atoms with Crippen LogP contribution < -0.4 is 4.90 Å². The fourth-order valence-electron chi connectivity index (χ4n) is 8.19. The summed E-state index contributed by atoms with van der Waals surface area (Å²) in [6, 6.07) is 52.2. The fraction of sp³-hybridized carbons (Fsp3) is 0.0667. The average Bonchev–Trinajstić information content (AvgIpc) is 3.75. The van der Waals surface area contributed by atoms with E-state index >= 15 is 0 Å². The van der Waals surface area contributed by atoms with Gasteiger partial charge in [0.05, 0.1) is 22.1 Å². The molecular weight excluding hydrogens is 604 g/mol. The lowest BCUT2D eigenvalue weighted by Crippen LogP contribution is -2.15. The van der Waals surface area contributed by atoms with Crippen LogP contribution in [0.3, 0.4) is 0 Å². The molecule has 1 aliphatic rings. The molecule has 3 nitrogen and oxygen atoms in total. The van der Waals surface area contributed by atoms with Gasteiger partial charge in [-0.25, -0.2) is 4.39 Å². The van der Waals surface area contributed by atoms with Crippen molar-refractivity contribution in [3.63, 3.8) is 0 Å². The van der Waals surface area contributed by atoms with Gasteiger partial charge in [0.1, 0.15) is 17.0 Å². The molecule has 0 radical (unpaired) electrons. The maximum absolute atomic E-state index is 14.0. The van der Waals surface area contributed by atoms with E-state index in [9.17, 15) is 4.39 Å². The van der Waals surface area contributed by atoms with Crippen molar-refractivity contribution in [2.75, 3.05) is 4.90 Å². The van der Waals surface area contributed by atoms with Crippen LogP contribution in [0.1, 0.15) is 25.0 Å². The quantitative estimate of drug-likeness (QED) is 0.192. The van der Waals surface area contributed by atoms with Gasteiger partial charge in [-0.15, -0.1) is 0 Å². The standard InChI is InChI=1S/C45H31FN2O/c1-45(2)37-13-6-3-10-32(37)35-26-30(22-24-38(35)45)47(41-15-9-17-43-44(41)34-12-5-8-16-42(34)49-43)31-23-25-40-36(27-31)33-11-4-7-14-39(33)48(40)29-20-18-28(46)19-21-29/h3-27H,1-2H3. The Morgan fingerprint density at radius 3 is 2.10 bits per heavy atom. The molecular formula is C45H31FN2O. The van der Waals surface area contributed by atoms with E-state index in [1.165, 1.54) is 34.4 Å². The van der Waals surface area contributed by atoms with E-state index in [4.69, 9.17) is 4.42 Å². The summed E-state index contributed by atoms with van der Waals surface area (Å²) in [5.74, 6) is -0.247. The predicted molar refractivity (Wildman–Crippen MR) is 200 cm³/mol. The molecule has 0 unspecified atom stereocenters. The summed E-state index contributed by atoms with van der Waals surface area (Å²) in [6.45, 7) is 4.64. The minimum atomic E-state index is -0.247.